The minimum atomic E-state index is -0.384. The predicted molar refractivity (Wildman–Crippen MR) is 95.6 cm³/mol. The van der Waals surface area contributed by atoms with E-state index in [9.17, 15) is 4.79 Å². The average Bonchev–Trinajstić information content (AvgIpc) is 2.66. The molecule has 1 aliphatic rings. The molecule has 1 aromatic heterocycles. The molecule has 4 heteroatoms. The van der Waals surface area contributed by atoms with Gasteiger partial charge in [-0.3, -0.25) is 9.78 Å². The van der Waals surface area contributed by atoms with E-state index in [1.165, 1.54) is 0 Å². The number of hydrogen-bond acceptors (Lipinski definition) is 3. The zero-order chi connectivity index (χ0) is 17.2. The van der Waals surface area contributed by atoms with Gasteiger partial charge in [0.2, 0.25) is 5.91 Å². The second-order valence-electron chi connectivity index (χ2n) is 6.12. The molecule has 25 heavy (non-hydrogen) atoms. The maximum absolute atomic E-state index is 13.1. The molecule has 4 rings (SSSR count). The van der Waals surface area contributed by atoms with Crippen molar-refractivity contribution in [3.05, 3.63) is 89.7 Å². The highest BCUT2D eigenvalue weighted by molar-refractivity contribution is 5.89. The third-order valence-corrected chi connectivity index (χ3v) is 4.51. The fraction of sp³-hybridized carbons (Fsp3) is 0.143. The monoisotopic (exact) mass is 330 g/mol. The normalized spacial score (nSPS) is 14.0. The molecule has 1 atom stereocenters. The van der Waals surface area contributed by atoms with Gasteiger partial charge in [-0.15, -0.1) is 0 Å². The lowest BCUT2D eigenvalue weighted by Crippen LogP contribution is -2.33. The second kappa shape index (κ2) is 6.40. The Hall–Kier alpha value is -3.14. The van der Waals surface area contributed by atoms with E-state index in [1.807, 2.05) is 67.6 Å². The first kappa shape index (κ1) is 15.4. The largest absolute Gasteiger partial charge is 0.457 e. The van der Waals surface area contributed by atoms with Gasteiger partial charge in [0.15, 0.2) is 0 Å². The highest BCUT2D eigenvalue weighted by Crippen LogP contribution is 2.44. The quantitative estimate of drug-likeness (QED) is 0.783. The Bertz CT molecular complexity index is 863. The molecule has 0 fully saturated rings. The molecule has 4 nitrogen and oxygen atoms in total. The number of pyridine rings is 1. The molecule has 2 aromatic carbocycles. The van der Waals surface area contributed by atoms with E-state index in [2.05, 4.69) is 10.3 Å². The molecule has 0 aliphatic carbocycles. The van der Waals surface area contributed by atoms with E-state index in [4.69, 9.17) is 4.74 Å². The fourth-order valence-electron chi connectivity index (χ4n) is 3.22. The Kier molecular flexibility index (Phi) is 3.94. The Morgan fingerprint density at radius 1 is 0.960 bits per heavy atom. The molecular formula is C21H18N2O2. The summed E-state index contributed by atoms with van der Waals surface area (Å²) in [6.07, 6.45) is 3.47. The number of fused-ring (bicyclic) bond motifs is 2. The van der Waals surface area contributed by atoms with Gasteiger partial charge >= 0.3 is 0 Å². The van der Waals surface area contributed by atoms with Gasteiger partial charge in [-0.1, -0.05) is 36.4 Å². The molecule has 124 valence electrons. The lowest BCUT2D eigenvalue weighted by atomic mass is 9.87. The van der Waals surface area contributed by atoms with Gasteiger partial charge in [-0.05, 0) is 36.8 Å². The van der Waals surface area contributed by atoms with Gasteiger partial charge < -0.3 is 10.1 Å². The van der Waals surface area contributed by atoms with E-state index in [0.29, 0.717) is 0 Å². The Morgan fingerprint density at radius 2 is 1.52 bits per heavy atom. The summed E-state index contributed by atoms with van der Waals surface area (Å²) in [5.41, 5.74) is 2.80. The van der Waals surface area contributed by atoms with E-state index in [0.717, 1.165) is 28.2 Å². The summed E-state index contributed by atoms with van der Waals surface area (Å²) in [4.78, 5) is 17.2. The molecule has 1 amide bonds. The van der Waals surface area contributed by atoms with Gasteiger partial charge in [-0.2, -0.15) is 0 Å². The van der Waals surface area contributed by atoms with Crippen molar-refractivity contribution in [1.29, 1.82) is 0 Å². The minimum absolute atomic E-state index is 0.0347. The van der Waals surface area contributed by atoms with Gasteiger partial charge in [0.1, 0.15) is 11.5 Å². The topological polar surface area (TPSA) is 51.2 Å². The molecule has 1 aliphatic heterocycles. The van der Waals surface area contributed by atoms with Crippen LogP contribution in [0.5, 0.6) is 11.5 Å². The van der Waals surface area contributed by atoms with Gasteiger partial charge in [0, 0.05) is 23.5 Å². The predicted octanol–water partition coefficient (Wildman–Crippen LogP) is 4.20. The lowest BCUT2D eigenvalue weighted by molar-refractivity contribution is -0.122. The van der Waals surface area contributed by atoms with Crippen LogP contribution in [0.1, 0.15) is 35.6 Å². The summed E-state index contributed by atoms with van der Waals surface area (Å²) in [5.74, 6) is 1.05. The van der Waals surface area contributed by atoms with E-state index in [1.54, 1.807) is 12.4 Å². The number of benzene rings is 2. The Labute approximate surface area is 146 Å². The van der Waals surface area contributed by atoms with Crippen molar-refractivity contribution in [2.45, 2.75) is 18.9 Å². The highest BCUT2D eigenvalue weighted by atomic mass is 16.5. The van der Waals surface area contributed by atoms with Crippen molar-refractivity contribution in [1.82, 2.24) is 10.3 Å². The van der Waals surface area contributed by atoms with Gasteiger partial charge in [0.25, 0.3) is 0 Å². The first-order valence-electron chi connectivity index (χ1n) is 8.30. The SMILES string of the molecule is CC(NC(=O)C1c2ccccc2Oc2ccccc21)c1ccncc1. The van der Waals surface area contributed by atoms with Gasteiger partial charge in [0.05, 0.1) is 12.0 Å². The summed E-state index contributed by atoms with van der Waals surface area (Å²) >= 11 is 0. The fourth-order valence-corrected chi connectivity index (χ4v) is 3.22. The van der Waals surface area contributed by atoms with E-state index < -0.39 is 0 Å². The number of ether oxygens (including phenoxy) is 1. The second-order valence-corrected chi connectivity index (χ2v) is 6.12. The maximum Gasteiger partial charge on any atom is 0.232 e. The molecule has 0 bridgehead atoms. The third kappa shape index (κ3) is 2.87. The van der Waals surface area contributed by atoms with Crippen molar-refractivity contribution in [2.75, 3.05) is 0 Å². The minimum Gasteiger partial charge on any atom is -0.457 e. The van der Waals surface area contributed by atoms with Crippen LogP contribution in [-0.4, -0.2) is 10.9 Å². The Morgan fingerprint density at radius 3 is 2.12 bits per heavy atom. The number of carbonyl (C=O) groups is 1. The number of carbonyl (C=O) groups excluding carboxylic acids is 1. The summed E-state index contributed by atoms with van der Waals surface area (Å²) in [7, 11) is 0. The van der Waals surface area contributed by atoms with Crippen LogP contribution >= 0.6 is 0 Å². The lowest BCUT2D eigenvalue weighted by Gasteiger charge is -2.28. The van der Waals surface area contributed by atoms with Crippen LogP contribution in [0.25, 0.3) is 0 Å². The molecule has 1 N–H and O–H groups in total. The number of aromatic nitrogens is 1. The summed E-state index contributed by atoms with van der Waals surface area (Å²) in [6.45, 7) is 1.98. The Balaban J connectivity index is 1.68. The molecule has 2 heterocycles. The molecule has 0 spiro atoms. The molecule has 3 aromatic rings. The number of para-hydroxylation sites is 2. The van der Waals surface area contributed by atoms with Crippen LogP contribution in [0.15, 0.2) is 73.1 Å². The number of nitrogens with zero attached hydrogens (tertiary/aromatic N) is 1. The van der Waals surface area contributed by atoms with Crippen molar-refractivity contribution >= 4 is 5.91 Å². The molecule has 0 saturated carbocycles. The summed E-state index contributed by atoms with van der Waals surface area (Å²) in [6, 6.07) is 19.1. The highest BCUT2D eigenvalue weighted by Gasteiger charge is 2.32. The molecule has 0 saturated heterocycles. The molecular weight excluding hydrogens is 312 g/mol. The maximum atomic E-state index is 13.1. The van der Waals surface area contributed by atoms with E-state index >= 15 is 0 Å². The first-order valence-corrected chi connectivity index (χ1v) is 8.30. The van der Waals surface area contributed by atoms with Crippen molar-refractivity contribution in [3.8, 4) is 11.5 Å². The summed E-state index contributed by atoms with van der Waals surface area (Å²) in [5, 5.41) is 3.13. The molecule has 0 radical (unpaired) electrons. The third-order valence-electron chi connectivity index (χ3n) is 4.51. The van der Waals surface area contributed by atoms with Crippen LogP contribution in [-0.2, 0) is 4.79 Å². The van der Waals surface area contributed by atoms with E-state index in [-0.39, 0.29) is 17.9 Å². The number of rotatable bonds is 3. The van der Waals surface area contributed by atoms with Gasteiger partial charge in [-0.25, -0.2) is 0 Å². The molecule has 1 unspecified atom stereocenters. The van der Waals surface area contributed by atoms with Crippen LogP contribution in [0.4, 0.5) is 0 Å². The zero-order valence-electron chi connectivity index (χ0n) is 13.8. The smallest absolute Gasteiger partial charge is 0.232 e. The summed E-state index contributed by atoms with van der Waals surface area (Å²) < 4.78 is 5.96. The van der Waals surface area contributed by atoms with Crippen LogP contribution < -0.4 is 10.1 Å². The van der Waals surface area contributed by atoms with Crippen LogP contribution in [0.2, 0.25) is 0 Å². The van der Waals surface area contributed by atoms with Crippen LogP contribution in [0, 0.1) is 0 Å². The number of nitrogens with one attached hydrogen (secondary N) is 1. The first-order chi connectivity index (χ1) is 12.2. The number of amides is 1. The zero-order valence-corrected chi connectivity index (χ0v) is 13.8. The van der Waals surface area contributed by atoms with Crippen LogP contribution in [0.3, 0.4) is 0 Å². The number of hydrogen-bond donors (Lipinski definition) is 1. The standard InChI is InChI=1S/C21H18N2O2/c1-14(15-10-12-22-13-11-15)23-21(24)20-16-6-2-4-8-18(16)25-19-9-5-3-7-17(19)20/h2-14,20H,1H3,(H,23,24). The van der Waals surface area contributed by atoms with Crippen molar-refractivity contribution in [3.63, 3.8) is 0 Å². The van der Waals surface area contributed by atoms with Crippen molar-refractivity contribution < 1.29 is 9.53 Å². The average molecular weight is 330 g/mol. The van der Waals surface area contributed by atoms with Crippen molar-refractivity contribution in [2.24, 2.45) is 0 Å².